The van der Waals surface area contributed by atoms with Gasteiger partial charge in [0.2, 0.25) is 0 Å². The standard InChI is InChI=1S/C11H12N2O3/c1-7-6-9(15)13-5-4-12(3)11(13)10(7)16-8(2)14/h4-6H,1-3H3. The quantitative estimate of drug-likeness (QED) is 0.670. The molecule has 0 fully saturated rings. The van der Waals surface area contributed by atoms with Crippen molar-refractivity contribution >= 4 is 11.6 Å². The summed E-state index contributed by atoms with van der Waals surface area (Å²) in [5.74, 6) is 0.0319. The number of fused-ring (bicyclic) bond motifs is 1. The highest BCUT2D eigenvalue weighted by atomic mass is 16.5. The van der Waals surface area contributed by atoms with E-state index in [9.17, 15) is 9.59 Å². The third-order valence-corrected chi connectivity index (χ3v) is 2.39. The van der Waals surface area contributed by atoms with Crippen LogP contribution in [0.3, 0.4) is 0 Å². The second-order valence-electron chi connectivity index (χ2n) is 3.69. The van der Waals surface area contributed by atoms with Gasteiger partial charge in [0.05, 0.1) is 0 Å². The molecular weight excluding hydrogens is 208 g/mol. The lowest BCUT2D eigenvalue weighted by atomic mass is 10.2. The largest absolute Gasteiger partial charge is 0.423 e. The summed E-state index contributed by atoms with van der Waals surface area (Å²) in [6, 6.07) is 1.45. The van der Waals surface area contributed by atoms with Crippen LogP contribution in [-0.2, 0) is 11.8 Å². The van der Waals surface area contributed by atoms with Crippen molar-refractivity contribution < 1.29 is 9.53 Å². The number of esters is 1. The fourth-order valence-corrected chi connectivity index (χ4v) is 1.69. The van der Waals surface area contributed by atoms with Gasteiger partial charge in [-0.2, -0.15) is 0 Å². The first-order valence-electron chi connectivity index (χ1n) is 4.86. The lowest BCUT2D eigenvalue weighted by Gasteiger charge is -2.08. The molecule has 0 unspecified atom stereocenters. The predicted octanol–water partition coefficient (Wildman–Crippen LogP) is 0.872. The molecular formula is C11H12N2O3. The van der Waals surface area contributed by atoms with Gasteiger partial charge in [0.25, 0.3) is 5.56 Å². The van der Waals surface area contributed by atoms with Crippen molar-refractivity contribution in [3.63, 3.8) is 0 Å². The summed E-state index contributed by atoms with van der Waals surface area (Å²) < 4.78 is 8.33. The molecule has 2 rings (SSSR count). The van der Waals surface area contributed by atoms with Gasteiger partial charge in [0.1, 0.15) is 0 Å². The van der Waals surface area contributed by atoms with Gasteiger partial charge in [0.15, 0.2) is 11.4 Å². The Balaban J connectivity index is 2.84. The number of carbonyl (C=O) groups excluding carboxylic acids is 1. The van der Waals surface area contributed by atoms with Crippen LogP contribution in [0.5, 0.6) is 5.75 Å². The number of pyridine rings is 1. The summed E-state index contributed by atoms with van der Waals surface area (Å²) in [6.45, 7) is 3.08. The van der Waals surface area contributed by atoms with Crippen LogP contribution in [-0.4, -0.2) is 14.9 Å². The highest BCUT2D eigenvalue weighted by Crippen LogP contribution is 2.22. The van der Waals surface area contributed by atoms with Crippen LogP contribution < -0.4 is 10.3 Å². The fourth-order valence-electron chi connectivity index (χ4n) is 1.69. The predicted molar refractivity (Wildman–Crippen MR) is 58.7 cm³/mol. The van der Waals surface area contributed by atoms with E-state index in [0.29, 0.717) is 17.0 Å². The fraction of sp³-hybridized carbons (Fsp3) is 0.273. The van der Waals surface area contributed by atoms with E-state index in [-0.39, 0.29) is 5.56 Å². The summed E-state index contributed by atoms with van der Waals surface area (Å²) in [5, 5.41) is 0. The van der Waals surface area contributed by atoms with E-state index in [1.54, 1.807) is 30.9 Å². The number of aromatic nitrogens is 2. The number of ether oxygens (including phenoxy) is 1. The van der Waals surface area contributed by atoms with Crippen molar-refractivity contribution in [2.24, 2.45) is 7.05 Å². The highest BCUT2D eigenvalue weighted by molar-refractivity contribution is 5.73. The SMILES string of the molecule is CC(=O)Oc1c(C)cc(=O)n2ccn(C)c12. The monoisotopic (exact) mass is 220 g/mol. The van der Waals surface area contributed by atoms with E-state index < -0.39 is 5.97 Å². The molecule has 84 valence electrons. The lowest BCUT2D eigenvalue weighted by molar-refractivity contribution is -0.131. The number of hydrogen-bond donors (Lipinski definition) is 0. The molecule has 0 spiro atoms. The molecule has 2 heterocycles. The number of aryl methyl sites for hydroxylation is 2. The Kier molecular flexibility index (Phi) is 2.30. The van der Waals surface area contributed by atoms with E-state index in [2.05, 4.69) is 0 Å². The van der Waals surface area contributed by atoms with Gasteiger partial charge in [-0.25, -0.2) is 0 Å². The van der Waals surface area contributed by atoms with Gasteiger partial charge in [-0.05, 0) is 6.92 Å². The van der Waals surface area contributed by atoms with E-state index >= 15 is 0 Å². The van der Waals surface area contributed by atoms with Gasteiger partial charge in [-0.3, -0.25) is 14.0 Å². The van der Waals surface area contributed by atoms with Crippen LogP contribution in [0.1, 0.15) is 12.5 Å². The Morgan fingerprint density at radius 2 is 2.06 bits per heavy atom. The molecule has 0 radical (unpaired) electrons. The molecule has 0 N–H and O–H groups in total. The molecule has 0 aliphatic rings. The molecule has 0 saturated carbocycles. The topological polar surface area (TPSA) is 52.7 Å². The zero-order valence-corrected chi connectivity index (χ0v) is 9.35. The van der Waals surface area contributed by atoms with Crippen LogP contribution in [0.15, 0.2) is 23.3 Å². The van der Waals surface area contributed by atoms with Gasteiger partial charge in [0, 0.05) is 38.0 Å². The zero-order valence-electron chi connectivity index (χ0n) is 9.35. The summed E-state index contributed by atoms with van der Waals surface area (Å²) in [7, 11) is 1.79. The van der Waals surface area contributed by atoms with Crippen molar-refractivity contribution in [2.75, 3.05) is 0 Å². The average Bonchev–Trinajstić information content (AvgIpc) is 2.55. The number of nitrogens with zero attached hydrogens (tertiary/aromatic N) is 2. The molecule has 0 atom stereocenters. The van der Waals surface area contributed by atoms with Gasteiger partial charge < -0.3 is 9.30 Å². The second-order valence-corrected chi connectivity index (χ2v) is 3.69. The summed E-state index contributed by atoms with van der Waals surface area (Å²) in [4.78, 5) is 22.7. The number of hydrogen-bond acceptors (Lipinski definition) is 3. The van der Waals surface area contributed by atoms with Crippen molar-refractivity contribution in [2.45, 2.75) is 13.8 Å². The molecule has 5 heteroatoms. The second kappa shape index (κ2) is 3.52. The number of imidazole rings is 1. The van der Waals surface area contributed by atoms with Crippen LogP contribution in [0.4, 0.5) is 0 Å². The lowest BCUT2D eigenvalue weighted by Crippen LogP contribution is -2.15. The third-order valence-electron chi connectivity index (χ3n) is 2.39. The molecule has 2 aromatic heterocycles. The molecule has 16 heavy (non-hydrogen) atoms. The molecule has 0 amide bonds. The number of carbonyl (C=O) groups is 1. The molecule has 0 aliphatic carbocycles. The molecule has 5 nitrogen and oxygen atoms in total. The summed E-state index contributed by atoms with van der Waals surface area (Å²) in [6.07, 6.45) is 3.38. The normalized spacial score (nSPS) is 10.7. The minimum Gasteiger partial charge on any atom is -0.423 e. The maximum Gasteiger partial charge on any atom is 0.308 e. The van der Waals surface area contributed by atoms with Crippen LogP contribution in [0.25, 0.3) is 5.65 Å². The first-order valence-corrected chi connectivity index (χ1v) is 4.86. The van der Waals surface area contributed by atoms with Crippen LogP contribution >= 0.6 is 0 Å². The van der Waals surface area contributed by atoms with Crippen molar-refractivity contribution in [1.82, 2.24) is 8.97 Å². The minimum absolute atomic E-state index is 0.135. The van der Waals surface area contributed by atoms with Crippen LogP contribution in [0, 0.1) is 6.92 Å². The van der Waals surface area contributed by atoms with Gasteiger partial charge >= 0.3 is 5.97 Å². The maximum atomic E-state index is 11.7. The summed E-state index contributed by atoms with van der Waals surface area (Å²) in [5.41, 5.74) is 1.10. The summed E-state index contributed by atoms with van der Waals surface area (Å²) >= 11 is 0. The zero-order chi connectivity index (χ0) is 11.9. The average molecular weight is 220 g/mol. The molecule has 0 aromatic carbocycles. The molecule has 2 aromatic rings. The minimum atomic E-state index is -0.398. The van der Waals surface area contributed by atoms with E-state index in [1.807, 2.05) is 0 Å². The molecule has 0 saturated heterocycles. The Hall–Kier alpha value is -2.04. The smallest absolute Gasteiger partial charge is 0.308 e. The van der Waals surface area contributed by atoms with Gasteiger partial charge in [-0.15, -0.1) is 0 Å². The first-order chi connectivity index (χ1) is 7.50. The number of rotatable bonds is 1. The van der Waals surface area contributed by atoms with E-state index in [1.165, 1.54) is 17.4 Å². The Labute approximate surface area is 91.9 Å². The Morgan fingerprint density at radius 3 is 2.69 bits per heavy atom. The third kappa shape index (κ3) is 1.50. The van der Waals surface area contributed by atoms with E-state index in [4.69, 9.17) is 4.74 Å². The Morgan fingerprint density at radius 1 is 1.38 bits per heavy atom. The Bertz CT molecular complexity index is 622. The van der Waals surface area contributed by atoms with Crippen molar-refractivity contribution in [1.29, 1.82) is 0 Å². The van der Waals surface area contributed by atoms with Crippen molar-refractivity contribution in [3.8, 4) is 5.75 Å². The molecule has 0 aliphatic heterocycles. The van der Waals surface area contributed by atoms with Gasteiger partial charge in [-0.1, -0.05) is 0 Å². The highest BCUT2D eigenvalue weighted by Gasteiger charge is 2.13. The van der Waals surface area contributed by atoms with Crippen molar-refractivity contribution in [3.05, 3.63) is 34.4 Å². The van der Waals surface area contributed by atoms with E-state index in [0.717, 1.165) is 0 Å². The molecule has 0 bridgehead atoms. The first kappa shape index (κ1) is 10.5. The maximum absolute atomic E-state index is 11.7. The van der Waals surface area contributed by atoms with Crippen LogP contribution in [0.2, 0.25) is 0 Å².